The van der Waals surface area contributed by atoms with Crippen LogP contribution in [-0.4, -0.2) is 23.1 Å². The third-order valence-corrected chi connectivity index (χ3v) is 4.40. The molecule has 24 heavy (non-hydrogen) atoms. The molecule has 2 aromatic carbocycles. The monoisotopic (exact) mass is 339 g/mol. The van der Waals surface area contributed by atoms with Crippen LogP contribution in [0.3, 0.4) is 0 Å². The molecule has 0 fully saturated rings. The summed E-state index contributed by atoms with van der Waals surface area (Å²) in [6.07, 6.45) is 2.33. The molecule has 0 aliphatic heterocycles. The maximum atomic E-state index is 6.01. The average molecular weight is 340 g/mol. The summed E-state index contributed by atoms with van der Waals surface area (Å²) in [7, 11) is 0. The summed E-state index contributed by atoms with van der Waals surface area (Å²) >= 11 is 6.01. The fraction of sp³-hybridized carbons (Fsp3) is 0.300. The average Bonchev–Trinajstić information content (AvgIpc) is 2.62. The lowest BCUT2D eigenvalue weighted by Crippen LogP contribution is -2.25. The van der Waals surface area contributed by atoms with Crippen molar-refractivity contribution in [2.24, 2.45) is 0 Å². The van der Waals surface area contributed by atoms with Crippen LogP contribution in [0.4, 0.5) is 5.82 Å². The van der Waals surface area contributed by atoms with Gasteiger partial charge in [-0.3, -0.25) is 0 Å². The Balaban J connectivity index is 2.13. The van der Waals surface area contributed by atoms with Crippen molar-refractivity contribution in [3.8, 4) is 11.4 Å². The molecule has 0 aliphatic carbocycles. The first-order valence-electron chi connectivity index (χ1n) is 8.50. The maximum Gasteiger partial charge on any atom is 0.162 e. The molecule has 0 bridgehead atoms. The summed E-state index contributed by atoms with van der Waals surface area (Å²) < 4.78 is 0. The molecule has 1 heterocycles. The zero-order chi connectivity index (χ0) is 16.9. The van der Waals surface area contributed by atoms with Crippen molar-refractivity contribution in [3.63, 3.8) is 0 Å². The highest BCUT2D eigenvalue weighted by molar-refractivity contribution is 6.30. The van der Waals surface area contributed by atoms with Crippen molar-refractivity contribution in [3.05, 3.63) is 53.6 Å². The SMILES string of the molecule is CCCCN(CC)c1nc(-c2ccc(Cl)cc2)nc2ccccc12. The zero-order valence-corrected chi connectivity index (χ0v) is 14.9. The van der Waals surface area contributed by atoms with Gasteiger partial charge in [-0.1, -0.05) is 37.1 Å². The third-order valence-electron chi connectivity index (χ3n) is 4.15. The quantitative estimate of drug-likeness (QED) is 0.587. The molecule has 0 radical (unpaired) electrons. The number of para-hydroxylation sites is 1. The fourth-order valence-corrected chi connectivity index (χ4v) is 2.92. The number of benzene rings is 2. The van der Waals surface area contributed by atoms with Gasteiger partial charge in [0.1, 0.15) is 5.82 Å². The van der Waals surface area contributed by atoms with E-state index in [1.54, 1.807) is 0 Å². The molecule has 0 saturated carbocycles. The van der Waals surface area contributed by atoms with Gasteiger partial charge in [0.15, 0.2) is 5.82 Å². The molecule has 0 spiro atoms. The van der Waals surface area contributed by atoms with Crippen molar-refractivity contribution in [2.45, 2.75) is 26.7 Å². The summed E-state index contributed by atoms with van der Waals surface area (Å²) in [5.74, 6) is 1.76. The van der Waals surface area contributed by atoms with Gasteiger partial charge in [0.05, 0.1) is 5.52 Å². The number of hydrogen-bond acceptors (Lipinski definition) is 3. The van der Waals surface area contributed by atoms with Crippen molar-refractivity contribution < 1.29 is 0 Å². The van der Waals surface area contributed by atoms with Crippen LogP contribution in [0, 0.1) is 0 Å². The highest BCUT2D eigenvalue weighted by Gasteiger charge is 2.14. The summed E-state index contributed by atoms with van der Waals surface area (Å²) in [6.45, 7) is 6.33. The zero-order valence-electron chi connectivity index (χ0n) is 14.2. The fourth-order valence-electron chi connectivity index (χ4n) is 2.79. The Bertz CT molecular complexity index is 815. The number of rotatable bonds is 6. The number of aromatic nitrogens is 2. The van der Waals surface area contributed by atoms with E-state index in [1.807, 2.05) is 42.5 Å². The highest BCUT2D eigenvalue weighted by atomic mass is 35.5. The number of anilines is 1. The molecular weight excluding hydrogens is 318 g/mol. The molecule has 0 saturated heterocycles. The molecule has 0 unspecified atom stereocenters. The molecule has 0 aliphatic rings. The minimum Gasteiger partial charge on any atom is -0.356 e. The molecular formula is C20H22ClN3. The van der Waals surface area contributed by atoms with E-state index in [-0.39, 0.29) is 0 Å². The van der Waals surface area contributed by atoms with Crippen LogP contribution >= 0.6 is 11.6 Å². The molecule has 1 aromatic heterocycles. The summed E-state index contributed by atoms with van der Waals surface area (Å²) in [5.41, 5.74) is 1.96. The first-order valence-corrected chi connectivity index (χ1v) is 8.88. The normalized spacial score (nSPS) is 11.0. The Morgan fingerprint density at radius 3 is 2.42 bits per heavy atom. The number of nitrogens with zero attached hydrogens (tertiary/aromatic N) is 3. The van der Waals surface area contributed by atoms with Gasteiger partial charge in [0.25, 0.3) is 0 Å². The number of fused-ring (bicyclic) bond motifs is 1. The lowest BCUT2D eigenvalue weighted by Gasteiger charge is -2.23. The van der Waals surface area contributed by atoms with Crippen LogP contribution in [0.2, 0.25) is 5.02 Å². The van der Waals surface area contributed by atoms with Crippen molar-refractivity contribution in [1.82, 2.24) is 9.97 Å². The Morgan fingerprint density at radius 2 is 1.71 bits per heavy atom. The van der Waals surface area contributed by atoms with Crippen LogP contribution in [0.5, 0.6) is 0 Å². The second kappa shape index (κ2) is 7.63. The number of unbranched alkanes of at least 4 members (excludes halogenated alkanes) is 1. The van der Waals surface area contributed by atoms with E-state index < -0.39 is 0 Å². The molecule has 3 rings (SSSR count). The van der Waals surface area contributed by atoms with Crippen LogP contribution in [0.25, 0.3) is 22.3 Å². The van der Waals surface area contributed by atoms with E-state index >= 15 is 0 Å². The first-order chi connectivity index (χ1) is 11.7. The molecule has 3 nitrogen and oxygen atoms in total. The van der Waals surface area contributed by atoms with E-state index in [2.05, 4.69) is 24.8 Å². The minimum absolute atomic E-state index is 0.720. The van der Waals surface area contributed by atoms with Gasteiger partial charge in [0, 0.05) is 29.1 Å². The first kappa shape index (κ1) is 16.7. The third kappa shape index (κ3) is 3.51. The lowest BCUT2D eigenvalue weighted by atomic mass is 10.1. The van der Waals surface area contributed by atoms with Gasteiger partial charge >= 0.3 is 0 Å². The van der Waals surface area contributed by atoms with Gasteiger partial charge < -0.3 is 4.90 Å². The highest BCUT2D eigenvalue weighted by Crippen LogP contribution is 2.28. The second-order valence-electron chi connectivity index (χ2n) is 5.83. The van der Waals surface area contributed by atoms with Crippen LogP contribution < -0.4 is 4.90 Å². The predicted octanol–water partition coefficient (Wildman–Crippen LogP) is 5.58. The minimum atomic E-state index is 0.720. The van der Waals surface area contributed by atoms with Gasteiger partial charge in [-0.15, -0.1) is 0 Å². The van der Waals surface area contributed by atoms with Gasteiger partial charge in [-0.2, -0.15) is 0 Å². The van der Waals surface area contributed by atoms with Crippen LogP contribution in [0.1, 0.15) is 26.7 Å². The van der Waals surface area contributed by atoms with Gasteiger partial charge in [0.2, 0.25) is 0 Å². The maximum absolute atomic E-state index is 6.01. The summed E-state index contributed by atoms with van der Waals surface area (Å²) in [5, 5.41) is 1.83. The number of hydrogen-bond donors (Lipinski definition) is 0. The largest absolute Gasteiger partial charge is 0.356 e. The second-order valence-corrected chi connectivity index (χ2v) is 6.26. The van der Waals surface area contributed by atoms with Crippen molar-refractivity contribution in [2.75, 3.05) is 18.0 Å². The van der Waals surface area contributed by atoms with Crippen molar-refractivity contribution in [1.29, 1.82) is 0 Å². The molecule has 0 N–H and O–H groups in total. The Labute approximate surface area is 148 Å². The summed E-state index contributed by atoms with van der Waals surface area (Å²) in [4.78, 5) is 12.0. The number of halogens is 1. The Morgan fingerprint density at radius 1 is 0.958 bits per heavy atom. The van der Waals surface area contributed by atoms with E-state index in [1.165, 1.54) is 6.42 Å². The van der Waals surface area contributed by atoms with Crippen LogP contribution in [-0.2, 0) is 0 Å². The molecule has 0 amide bonds. The smallest absolute Gasteiger partial charge is 0.162 e. The molecule has 124 valence electrons. The summed E-state index contributed by atoms with van der Waals surface area (Å²) in [6, 6.07) is 15.9. The van der Waals surface area contributed by atoms with Crippen LogP contribution in [0.15, 0.2) is 48.5 Å². The Hall–Kier alpha value is -2.13. The van der Waals surface area contributed by atoms with E-state index in [9.17, 15) is 0 Å². The predicted molar refractivity (Wildman–Crippen MR) is 103 cm³/mol. The standard InChI is InChI=1S/C20H22ClN3/c1-3-5-14-24(4-2)20-17-8-6-7-9-18(17)22-19(23-20)15-10-12-16(21)13-11-15/h6-13H,3-5,14H2,1-2H3. The molecule has 3 aromatic rings. The Kier molecular flexibility index (Phi) is 5.31. The van der Waals surface area contributed by atoms with E-state index in [0.29, 0.717) is 0 Å². The van der Waals surface area contributed by atoms with E-state index in [0.717, 1.165) is 52.6 Å². The van der Waals surface area contributed by atoms with E-state index in [4.69, 9.17) is 21.6 Å². The molecule has 4 heteroatoms. The topological polar surface area (TPSA) is 29.0 Å². The van der Waals surface area contributed by atoms with Crippen molar-refractivity contribution >= 4 is 28.3 Å². The van der Waals surface area contributed by atoms with Gasteiger partial charge in [-0.25, -0.2) is 9.97 Å². The van der Waals surface area contributed by atoms with Gasteiger partial charge in [-0.05, 0) is 49.7 Å². The molecule has 0 atom stereocenters. The lowest BCUT2D eigenvalue weighted by molar-refractivity contribution is 0.726.